The maximum atomic E-state index is 13.4. The molecule has 4 nitrogen and oxygen atoms in total. The Kier molecular flexibility index (Phi) is 6.32. The van der Waals surface area contributed by atoms with Crippen molar-refractivity contribution >= 4 is 22.4 Å². The fourth-order valence-electron chi connectivity index (χ4n) is 2.14. The highest BCUT2D eigenvalue weighted by atomic mass is 35.5. The molecule has 1 saturated heterocycles. The van der Waals surface area contributed by atoms with Crippen molar-refractivity contribution in [1.29, 1.82) is 0 Å². The molecule has 1 aliphatic rings. The van der Waals surface area contributed by atoms with E-state index in [2.05, 4.69) is 10.0 Å². The normalized spacial score (nSPS) is 19.4. The van der Waals surface area contributed by atoms with Crippen LogP contribution in [0.4, 0.5) is 8.78 Å². The molecule has 1 atom stereocenters. The van der Waals surface area contributed by atoms with Gasteiger partial charge in [0.05, 0.1) is 0 Å². The Morgan fingerprint density at radius 2 is 1.95 bits per heavy atom. The van der Waals surface area contributed by atoms with Crippen LogP contribution in [0.15, 0.2) is 23.1 Å². The maximum Gasteiger partial charge on any atom is 0.246 e. The van der Waals surface area contributed by atoms with Crippen LogP contribution in [0.2, 0.25) is 0 Å². The van der Waals surface area contributed by atoms with Gasteiger partial charge >= 0.3 is 0 Å². The van der Waals surface area contributed by atoms with Crippen LogP contribution in [0.5, 0.6) is 0 Å². The lowest BCUT2D eigenvalue weighted by Gasteiger charge is -2.22. The van der Waals surface area contributed by atoms with E-state index in [1.807, 2.05) is 0 Å². The maximum absolute atomic E-state index is 13.4. The van der Waals surface area contributed by atoms with E-state index in [4.69, 9.17) is 0 Å². The van der Waals surface area contributed by atoms with Gasteiger partial charge in [-0.2, -0.15) is 0 Å². The molecule has 0 aromatic heterocycles. The summed E-state index contributed by atoms with van der Waals surface area (Å²) in [6.07, 6.45) is 1.87. The van der Waals surface area contributed by atoms with E-state index < -0.39 is 26.6 Å². The Bertz CT molecular complexity index is 528. The number of nitrogens with one attached hydrogen (secondary N) is 2. The highest BCUT2D eigenvalue weighted by Crippen LogP contribution is 2.18. The molecule has 0 spiro atoms. The summed E-state index contributed by atoms with van der Waals surface area (Å²) in [6, 6.07) is 2.99. The van der Waals surface area contributed by atoms with Crippen LogP contribution >= 0.6 is 12.4 Å². The molecule has 1 aromatic rings. The minimum Gasteiger partial charge on any atom is -0.316 e. The second-order valence-electron chi connectivity index (χ2n) is 4.62. The van der Waals surface area contributed by atoms with E-state index in [9.17, 15) is 17.2 Å². The topological polar surface area (TPSA) is 58.2 Å². The summed E-state index contributed by atoms with van der Waals surface area (Å²) in [6.45, 7) is 1.82. The molecule has 114 valence electrons. The van der Waals surface area contributed by atoms with E-state index in [1.165, 1.54) is 0 Å². The zero-order chi connectivity index (χ0) is 13.9. The zero-order valence-electron chi connectivity index (χ0n) is 10.7. The van der Waals surface area contributed by atoms with Gasteiger partial charge in [0.25, 0.3) is 0 Å². The van der Waals surface area contributed by atoms with Crippen LogP contribution < -0.4 is 10.0 Å². The van der Waals surface area contributed by atoms with Gasteiger partial charge < -0.3 is 5.32 Å². The predicted octanol–water partition coefficient (Wildman–Crippen LogP) is 1.66. The fraction of sp³-hybridized carbons (Fsp3) is 0.500. The molecule has 0 radical (unpaired) electrons. The quantitative estimate of drug-likeness (QED) is 0.885. The molecule has 1 aromatic carbocycles. The van der Waals surface area contributed by atoms with Crippen LogP contribution in [0.3, 0.4) is 0 Å². The van der Waals surface area contributed by atoms with Gasteiger partial charge in [-0.15, -0.1) is 12.4 Å². The molecule has 2 rings (SSSR count). The van der Waals surface area contributed by atoms with Gasteiger partial charge in [-0.1, -0.05) is 6.07 Å². The number of rotatable bonds is 4. The summed E-state index contributed by atoms with van der Waals surface area (Å²) in [4.78, 5) is -0.904. The SMILES string of the molecule is Cl.O=S(=O)(NCC1CCCNC1)c1c(F)cccc1F. The average molecular weight is 327 g/mol. The second kappa shape index (κ2) is 7.31. The lowest BCUT2D eigenvalue weighted by Crippen LogP contribution is -2.38. The van der Waals surface area contributed by atoms with Crippen molar-refractivity contribution in [3.63, 3.8) is 0 Å². The number of benzene rings is 1. The summed E-state index contributed by atoms with van der Waals surface area (Å²) in [7, 11) is -4.15. The molecular formula is C12H17ClF2N2O2S. The van der Waals surface area contributed by atoms with E-state index in [-0.39, 0.29) is 24.9 Å². The van der Waals surface area contributed by atoms with Crippen molar-refractivity contribution in [2.45, 2.75) is 17.7 Å². The molecule has 2 N–H and O–H groups in total. The summed E-state index contributed by atoms with van der Waals surface area (Å²) in [5.41, 5.74) is 0. The molecule has 0 aliphatic carbocycles. The first-order valence-electron chi connectivity index (χ1n) is 6.15. The highest BCUT2D eigenvalue weighted by molar-refractivity contribution is 7.89. The van der Waals surface area contributed by atoms with Crippen LogP contribution in [-0.2, 0) is 10.0 Å². The molecule has 0 amide bonds. The Hall–Kier alpha value is -0.760. The first-order valence-corrected chi connectivity index (χ1v) is 7.63. The predicted molar refractivity (Wildman–Crippen MR) is 74.4 cm³/mol. The van der Waals surface area contributed by atoms with Gasteiger partial charge in [-0.05, 0) is 44.0 Å². The van der Waals surface area contributed by atoms with Gasteiger partial charge in [-0.3, -0.25) is 0 Å². The third kappa shape index (κ3) is 4.12. The standard InChI is InChI=1S/C12H16F2N2O2S.ClH/c13-10-4-1-5-11(14)12(10)19(17,18)16-8-9-3-2-6-15-7-9;/h1,4-5,9,15-16H,2-3,6-8H2;1H. The van der Waals surface area contributed by atoms with Crippen LogP contribution in [0, 0.1) is 17.6 Å². The lowest BCUT2D eigenvalue weighted by molar-refractivity contribution is 0.375. The molecule has 1 aliphatic heterocycles. The number of hydrogen-bond acceptors (Lipinski definition) is 3. The molecule has 8 heteroatoms. The van der Waals surface area contributed by atoms with Crippen molar-refractivity contribution in [3.8, 4) is 0 Å². The summed E-state index contributed by atoms with van der Waals surface area (Å²) in [5.74, 6) is -2.00. The van der Waals surface area contributed by atoms with E-state index in [0.717, 1.165) is 37.6 Å². The Morgan fingerprint density at radius 3 is 2.50 bits per heavy atom. The number of halogens is 3. The molecule has 0 saturated carbocycles. The van der Waals surface area contributed by atoms with E-state index >= 15 is 0 Å². The first kappa shape index (κ1) is 17.3. The van der Waals surface area contributed by atoms with Gasteiger partial charge in [0.1, 0.15) is 11.6 Å². The monoisotopic (exact) mass is 326 g/mol. The van der Waals surface area contributed by atoms with Crippen LogP contribution in [0.25, 0.3) is 0 Å². The molecule has 20 heavy (non-hydrogen) atoms. The number of piperidine rings is 1. The summed E-state index contributed by atoms with van der Waals surface area (Å²) < 4.78 is 53.0. The highest BCUT2D eigenvalue weighted by Gasteiger charge is 2.25. The second-order valence-corrected chi connectivity index (χ2v) is 6.32. The molecule has 1 fully saturated rings. The van der Waals surface area contributed by atoms with E-state index in [0.29, 0.717) is 6.54 Å². The van der Waals surface area contributed by atoms with Crippen LogP contribution in [0.1, 0.15) is 12.8 Å². The van der Waals surface area contributed by atoms with Crippen molar-refractivity contribution < 1.29 is 17.2 Å². The minimum atomic E-state index is -4.15. The van der Waals surface area contributed by atoms with Gasteiger partial charge in [0.15, 0.2) is 4.90 Å². The third-order valence-corrected chi connectivity index (χ3v) is 4.62. The van der Waals surface area contributed by atoms with Gasteiger partial charge in [0, 0.05) is 6.54 Å². The van der Waals surface area contributed by atoms with Crippen LogP contribution in [-0.4, -0.2) is 28.1 Å². The Morgan fingerprint density at radius 1 is 1.30 bits per heavy atom. The minimum absolute atomic E-state index is 0. The lowest BCUT2D eigenvalue weighted by atomic mass is 10.0. The Labute approximate surface area is 123 Å². The zero-order valence-corrected chi connectivity index (χ0v) is 12.4. The largest absolute Gasteiger partial charge is 0.316 e. The van der Waals surface area contributed by atoms with Gasteiger partial charge in [0.2, 0.25) is 10.0 Å². The molecule has 0 bridgehead atoms. The van der Waals surface area contributed by atoms with Gasteiger partial charge in [-0.25, -0.2) is 21.9 Å². The Balaban J connectivity index is 0.00000200. The van der Waals surface area contributed by atoms with Crippen molar-refractivity contribution in [2.24, 2.45) is 5.92 Å². The third-order valence-electron chi connectivity index (χ3n) is 3.15. The van der Waals surface area contributed by atoms with Crippen molar-refractivity contribution in [1.82, 2.24) is 10.0 Å². The number of hydrogen-bond donors (Lipinski definition) is 2. The van der Waals surface area contributed by atoms with Crippen molar-refractivity contribution in [2.75, 3.05) is 19.6 Å². The summed E-state index contributed by atoms with van der Waals surface area (Å²) >= 11 is 0. The average Bonchev–Trinajstić information content (AvgIpc) is 2.37. The van der Waals surface area contributed by atoms with E-state index in [1.54, 1.807) is 0 Å². The molecule has 1 unspecified atom stereocenters. The first-order chi connectivity index (χ1) is 9.00. The summed E-state index contributed by atoms with van der Waals surface area (Å²) in [5, 5.41) is 3.15. The molecular weight excluding hydrogens is 310 g/mol. The fourth-order valence-corrected chi connectivity index (χ4v) is 3.39. The smallest absolute Gasteiger partial charge is 0.246 e. The van der Waals surface area contributed by atoms with Crippen molar-refractivity contribution in [3.05, 3.63) is 29.8 Å². The molecule has 1 heterocycles. The number of sulfonamides is 1.